The Bertz CT molecular complexity index is 699. The van der Waals surface area contributed by atoms with Crippen LogP contribution in [0.25, 0.3) is 0 Å². The smallest absolute Gasteiger partial charge is 0.276 e. The van der Waals surface area contributed by atoms with Crippen LogP contribution in [-0.2, 0) is 13.6 Å². The van der Waals surface area contributed by atoms with Gasteiger partial charge in [0.05, 0.1) is 18.8 Å². The number of carbonyl (C=O) groups excluding carboxylic acids is 1. The molecular weight excluding hydrogens is 316 g/mol. The zero-order valence-electron chi connectivity index (χ0n) is 13.8. The fourth-order valence-electron chi connectivity index (χ4n) is 2.22. The monoisotopic (exact) mass is 336 g/mol. The number of amides is 1. The molecule has 0 N–H and O–H groups in total. The minimum atomic E-state index is -0.212. The van der Waals surface area contributed by atoms with Crippen molar-refractivity contribution in [2.45, 2.75) is 26.8 Å². The van der Waals surface area contributed by atoms with Gasteiger partial charge in [-0.1, -0.05) is 18.5 Å². The van der Waals surface area contributed by atoms with Crippen LogP contribution in [0.3, 0.4) is 0 Å². The van der Waals surface area contributed by atoms with Crippen molar-refractivity contribution in [3.63, 3.8) is 0 Å². The molecule has 0 aliphatic rings. The number of hydrogen-bond donors (Lipinski definition) is 0. The predicted molar refractivity (Wildman–Crippen MR) is 88.8 cm³/mol. The molecule has 0 aromatic carbocycles. The molecule has 124 valence electrons. The van der Waals surface area contributed by atoms with Crippen molar-refractivity contribution in [1.29, 1.82) is 0 Å². The van der Waals surface area contributed by atoms with Crippen LogP contribution in [0.1, 0.15) is 35.1 Å². The maximum absolute atomic E-state index is 12.7. The van der Waals surface area contributed by atoms with E-state index in [-0.39, 0.29) is 5.91 Å². The average molecular weight is 337 g/mol. The summed E-state index contributed by atoms with van der Waals surface area (Å²) in [5.41, 5.74) is 1.94. The van der Waals surface area contributed by atoms with E-state index in [9.17, 15) is 4.79 Å². The van der Waals surface area contributed by atoms with E-state index in [1.54, 1.807) is 42.0 Å². The molecular formula is C16H21ClN4O2. The van der Waals surface area contributed by atoms with E-state index < -0.39 is 0 Å². The summed E-state index contributed by atoms with van der Waals surface area (Å²) in [5, 5.41) is 4.79. The summed E-state index contributed by atoms with van der Waals surface area (Å²) >= 11 is 6.23. The first kappa shape index (κ1) is 17.3. The lowest BCUT2D eigenvalue weighted by atomic mass is 10.2. The Balaban J connectivity index is 2.20. The van der Waals surface area contributed by atoms with Gasteiger partial charge in [0.1, 0.15) is 5.15 Å². The molecule has 2 aromatic rings. The highest BCUT2D eigenvalue weighted by molar-refractivity contribution is 6.30. The van der Waals surface area contributed by atoms with Crippen LogP contribution in [-0.4, -0.2) is 39.2 Å². The van der Waals surface area contributed by atoms with Crippen LogP contribution in [0.15, 0.2) is 18.3 Å². The molecule has 0 bridgehead atoms. The van der Waals surface area contributed by atoms with Gasteiger partial charge in [-0.15, -0.1) is 0 Å². The van der Waals surface area contributed by atoms with Gasteiger partial charge in [-0.05, 0) is 25.5 Å². The molecule has 0 aliphatic carbocycles. The van der Waals surface area contributed by atoms with Gasteiger partial charge in [0, 0.05) is 25.9 Å². The highest BCUT2D eigenvalue weighted by atomic mass is 35.5. The minimum Gasteiger partial charge on any atom is -0.491 e. The van der Waals surface area contributed by atoms with Gasteiger partial charge in [-0.25, -0.2) is 4.98 Å². The second-order valence-electron chi connectivity index (χ2n) is 5.34. The number of ether oxygens (including phenoxy) is 1. The Morgan fingerprint density at radius 1 is 1.48 bits per heavy atom. The van der Waals surface area contributed by atoms with Gasteiger partial charge in [0.25, 0.3) is 5.91 Å². The maximum atomic E-state index is 12.7. The Hall–Kier alpha value is -2.08. The number of rotatable bonds is 6. The van der Waals surface area contributed by atoms with Crippen LogP contribution in [0, 0.1) is 6.92 Å². The molecule has 0 radical (unpaired) electrons. The summed E-state index contributed by atoms with van der Waals surface area (Å²) in [6.07, 6.45) is 2.45. The number of carbonyl (C=O) groups is 1. The van der Waals surface area contributed by atoms with Crippen molar-refractivity contribution in [2.24, 2.45) is 7.05 Å². The van der Waals surface area contributed by atoms with E-state index in [1.807, 2.05) is 13.8 Å². The first-order valence-electron chi connectivity index (χ1n) is 7.47. The summed E-state index contributed by atoms with van der Waals surface area (Å²) in [5.74, 6) is 0.288. The second kappa shape index (κ2) is 7.46. The number of nitrogens with zero attached hydrogens (tertiary/aromatic N) is 4. The second-order valence-corrected chi connectivity index (χ2v) is 5.70. The Labute approximate surface area is 141 Å². The third kappa shape index (κ3) is 3.82. The molecule has 0 fully saturated rings. The normalized spacial score (nSPS) is 10.7. The first-order valence-corrected chi connectivity index (χ1v) is 7.84. The summed E-state index contributed by atoms with van der Waals surface area (Å²) in [7, 11) is 3.49. The van der Waals surface area contributed by atoms with Gasteiger partial charge in [0.2, 0.25) is 0 Å². The highest BCUT2D eigenvalue weighted by Gasteiger charge is 2.21. The van der Waals surface area contributed by atoms with Gasteiger partial charge >= 0.3 is 0 Å². The van der Waals surface area contributed by atoms with Crippen molar-refractivity contribution >= 4 is 17.5 Å². The Kier molecular flexibility index (Phi) is 5.60. The first-order chi connectivity index (χ1) is 11.0. The lowest BCUT2D eigenvalue weighted by Gasteiger charge is -2.18. The van der Waals surface area contributed by atoms with Crippen LogP contribution >= 0.6 is 11.6 Å². The molecule has 6 nitrogen and oxygen atoms in total. The van der Waals surface area contributed by atoms with Crippen LogP contribution in [0.2, 0.25) is 5.15 Å². The largest absolute Gasteiger partial charge is 0.491 e. The zero-order valence-corrected chi connectivity index (χ0v) is 14.6. The van der Waals surface area contributed by atoms with Gasteiger partial charge in [-0.2, -0.15) is 5.10 Å². The quantitative estimate of drug-likeness (QED) is 0.813. The zero-order chi connectivity index (χ0) is 17.0. The van der Waals surface area contributed by atoms with Gasteiger partial charge < -0.3 is 9.64 Å². The molecule has 0 aliphatic heterocycles. The molecule has 0 saturated heterocycles. The Morgan fingerprint density at radius 2 is 2.22 bits per heavy atom. The summed E-state index contributed by atoms with van der Waals surface area (Å²) < 4.78 is 7.21. The molecule has 0 saturated carbocycles. The SMILES string of the molecule is CCCOc1cccnc1C(=O)N(C)Cc1c(C)nn(C)c1Cl. The highest BCUT2D eigenvalue weighted by Crippen LogP contribution is 2.22. The molecule has 0 atom stereocenters. The molecule has 0 unspecified atom stereocenters. The fraction of sp³-hybridized carbons (Fsp3) is 0.438. The summed E-state index contributed by atoms with van der Waals surface area (Å²) in [6, 6.07) is 3.51. The number of halogens is 1. The van der Waals surface area contributed by atoms with E-state index in [0.29, 0.717) is 29.7 Å². The maximum Gasteiger partial charge on any atom is 0.276 e. The van der Waals surface area contributed by atoms with Crippen molar-refractivity contribution in [1.82, 2.24) is 19.7 Å². The molecule has 1 amide bonds. The number of pyridine rings is 1. The molecule has 7 heteroatoms. The standard InChI is InChI=1S/C16H21ClN4O2/c1-5-9-23-13-7-6-8-18-14(13)16(22)20(3)10-12-11(2)19-21(4)15(12)17/h6-8H,5,9-10H2,1-4H3. The molecule has 2 rings (SSSR count). The number of aryl methyl sites for hydroxylation is 2. The molecule has 0 spiro atoms. The lowest BCUT2D eigenvalue weighted by molar-refractivity contribution is 0.0774. The predicted octanol–water partition coefficient (Wildman–Crippen LogP) is 2.84. The van der Waals surface area contributed by atoms with Crippen molar-refractivity contribution in [3.05, 3.63) is 40.4 Å². The minimum absolute atomic E-state index is 0.212. The third-order valence-electron chi connectivity index (χ3n) is 3.45. The van der Waals surface area contributed by atoms with Crippen molar-refractivity contribution in [2.75, 3.05) is 13.7 Å². The van der Waals surface area contributed by atoms with Gasteiger partial charge in [0.15, 0.2) is 11.4 Å². The lowest BCUT2D eigenvalue weighted by Crippen LogP contribution is -2.28. The summed E-state index contributed by atoms with van der Waals surface area (Å²) in [4.78, 5) is 18.4. The Morgan fingerprint density at radius 3 is 2.83 bits per heavy atom. The van der Waals surface area contributed by atoms with Crippen LogP contribution in [0.5, 0.6) is 5.75 Å². The van der Waals surface area contributed by atoms with Crippen molar-refractivity contribution in [3.8, 4) is 5.75 Å². The fourth-order valence-corrected chi connectivity index (χ4v) is 2.46. The van der Waals surface area contributed by atoms with E-state index in [0.717, 1.165) is 17.7 Å². The molecule has 2 aromatic heterocycles. The topological polar surface area (TPSA) is 60.2 Å². The summed E-state index contributed by atoms with van der Waals surface area (Å²) in [6.45, 7) is 4.79. The van der Waals surface area contributed by atoms with E-state index in [1.165, 1.54) is 0 Å². The third-order valence-corrected chi connectivity index (χ3v) is 3.92. The van der Waals surface area contributed by atoms with E-state index >= 15 is 0 Å². The van der Waals surface area contributed by atoms with Crippen LogP contribution in [0.4, 0.5) is 0 Å². The average Bonchev–Trinajstić information content (AvgIpc) is 2.78. The number of aromatic nitrogens is 3. The molecule has 23 heavy (non-hydrogen) atoms. The van der Waals surface area contributed by atoms with Crippen molar-refractivity contribution < 1.29 is 9.53 Å². The van der Waals surface area contributed by atoms with E-state index in [4.69, 9.17) is 16.3 Å². The number of hydrogen-bond acceptors (Lipinski definition) is 4. The van der Waals surface area contributed by atoms with Crippen LogP contribution < -0.4 is 4.74 Å². The molecule has 2 heterocycles. The van der Waals surface area contributed by atoms with E-state index in [2.05, 4.69) is 10.1 Å². The van der Waals surface area contributed by atoms with Gasteiger partial charge in [-0.3, -0.25) is 9.48 Å².